The molecule has 9 aromatic carbocycles. The zero-order valence-electron chi connectivity index (χ0n) is 34.1. The molecule has 1 unspecified atom stereocenters. The van der Waals surface area contributed by atoms with Gasteiger partial charge in [-0.1, -0.05) is 176 Å². The molecule has 0 aliphatic carbocycles. The van der Waals surface area contributed by atoms with Gasteiger partial charge in [-0.15, -0.1) is 0 Å². The molecule has 1 aliphatic rings. The smallest absolute Gasteiger partial charge is 0.212 e. The molecule has 0 amide bonds. The quantitative estimate of drug-likeness (QED) is 0.185. The molecule has 63 heavy (non-hydrogen) atoms. The summed E-state index contributed by atoms with van der Waals surface area (Å²) in [6, 6.07) is 78.1. The van der Waals surface area contributed by atoms with Crippen molar-refractivity contribution in [3.8, 4) is 22.5 Å². The zero-order chi connectivity index (χ0) is 41.4. The fourth-order valence-corrected chi connectivity index (χ4v) is 9.97. The molecule has 0 spiro atoms. The number of benzene rings is 9. The first-order chi connectivity index (χ1) is 31.3. The topological polar surface area (TPSA) is 51.5 Å². The minimum absolute atomic E-state index is 0.356. The minimum atomic E-state index is -0.356. The van der Waals surface area contributed by atoms with Gasteiger partial charge in [0, 0.05) is 49.3 Å². The predicted octanol–water partition coefficient (Wildman–Crippen LogP) is 13.6. The third-order valence-electron chi connectivity index (χ3n) is 12.7. The number of aliphatic imine (C=N–C) groups is 2. The number of rotatable bonds is 5. The van der Waals surface area contributed by atoms with E-state index in [0.29, 0.717) is 5.84 Å². The molecule has 296 valence electrons. The molecular weight excluding hydrogens is 769 g/mol. The van der Waals surface area contributed by atoms with Crippen LogP contribution in [0.2, 0.25) is 0 Å². The average Bonchev–Trinajstić information content (AvgIpc) is 4.00. The van der Waals surface area contributed by atoms with Crippen molar-refractivity contribution in [1.82, 2.24) is 19.0 Å². The summed E-state index contributed by atoms with van der Waals surface area (Å²) >= 11 is 0. The van der Waals surface area contributed by atoms with Gasteiger partial charge in [-0.05, 0) is 59.2 Å². The van der Waals surface area contributed by atoms with Crippen LogP contribution in [0.25, 0.3) is 87.9 Å². The van der Waals surface area contributed by atoms with E-state index in [1.165, 1.54) is 38.2 Å². The Morgan fingerprint density at radius 1 is 0.381 bits per heavy atom. The van der Waals surface area contributed by atoms with Crippen molar-refractivity contribution < 1.29 is 0 Å². The van der Waals surface area contributed by atoms with Crippen LogP contribution in [0.4, 0.5) is 0 Å². The lowest BCUT2D eigenvalue weighted by atomic mass is 9.98. The van der Waals surface area contributed by atoms with Crippen molar-refractivity contribution in [1.29, 1.82) is 0 Å². The van der Waals surface area contributed by atoms with E-state index in [-0.39, 0.29) is 6.17 Å². The summed E-state index contributed by atoms with van der Waals surface area (Å²) in [6.07, 6.45) is -0.356. The first kappa shape index (κ1) is 35.3. The van der Waals surface area contributed by atoms with Crippen LogP contribution in [0.1, 0.15) is 17.3 Å². The Labute approximate surface area is 362 Å². The summed E-state index contributed by atoms with van der Waals surface area (Å²) in [6.45, 7) is 0. The molecule has 0 bridgehead atoms. The van der Waals surface area contributed by atoms with Crippen LogP contribution < -0.4 is 5.32 Å². The molecule has 0 radical (unpaired) electrons. The van der Waals surface area contributed by atoms with Gasteiger partial charge in [0.1, 0.15) is 6.17 Å². The highest BCUT2D eigenvalue weighted by molar-refractivity contribution is 6.27. The molecule has 12 aromatic rings. The molecule has 13 rings (SSSR count). The third kappa shape index (κ3) is 5.45. The van der Waals surface area contributed by atoms with Gasteiger partial charge in [0.2, 0.25) is 5.96 Å². The lowest BCUT2D eigenvalue weighted by Gasteiger charge is -2.25. The summed E-state index contributed by atoms with van der Waals surface area (Å²) in [5, 5.41) is 10.9. The van der Waals surface area contributed by atoms with Crippen LogP contribution in [0.15, 0.2) is 228 Å². The molecule has 1 N–H and O–H groups in total. The largest absolute Gasteiger partial charge is 0.330 e. The van der Waals surface area contributed by atoms with Gasteiger partial charge in [0.05, 0.1) is 33.1 Å². The number of fused-ring (bicyclic) bond motifs is 10. The number of hydrogen-bond acceptors (Lipinski definition) is 3. The molecule has 0 saturated heterocycles. The number of nitrogens with one attached hydrogen (secondary N) is 1. The summed E-state index contributed by atoms with van der Waals surface area (Å²) in [5.74, 6) is 1.40. The van der Waals surface area contributed by atoms with Gasteiger partial charge in [-0.3, -0.25) is 4.57 Å². The van der Waals surface area contributed by atoms with E-state index in [9.17, 15) is 0 Å². The van der Waals surface area contributed by atoms with Crippen molar-refractivity contribution in [2.45, 2.75) is 6.17 Å². The molecule has 6 heteroatoms. The van der Waals surface area contributed by atoms with Crippen LogP contribution in [0.3, 0.4) is 0 Å². The first-order valence-corrected chi connectivity index (χ1v) is 21.5. The van der Waals surface area contributed by atoms with Crippen molar-refractivity contribution in [2.24, 2.45) is 9.98 Å². The van der Waals surface area contributed by atoms with Gasteiger partial charge in [0.15, 0.2) is 5.84 Å². The highest BCUT2D eigenvalue weighted by atomic mass is 15.3. The van der Waals surface area contributed by atoms with Gasteiger partial charge < -0.3 is 14.5 Å². The van der Waals surface area contributed by atoms with Crippen molar-refractivity contribution in [3.05, 3.63) is 230 Å². The lowest BCUT2D eigenvalue weighted by Crippen LogP contribution is -2.37. The molecule has 0 fully saturated rings. The Balaban J connectivity index is 1.18. The van der Waals surface area contributed by atoms with Gasteiger partial charge in [-0.25, -0.2) is 4.99 Å². The maximum Gasteiger partial charge on any atom is 0.212 e. The predicted molar refractivity (Wildman–Crippen MR) is 262 cm³/mol. The second kappa shape index (κ2) is 14.0. The molecule has 3 aromatic heterocycles. The molecule has 6 nitrogen and oxygen atoms in total. The van der Waals surface area contributed by atoms with Crippen molar-refractivity contribution in [3.63, 3.8) is 0 Å². The summed E-state index contributed by atoms with van der Waals surface area (Å²) in [7, 11) is 0. The number of amidine groups is 1. The van der Waals surface area contributed by atoms with Crippen LogP contribution >= 0.6 is 0 Å². The maximum absolute atomic E-state index is 5.40. The molecule has 4 heterocycles. The van der Waals surface area contributed by atoms with E-state index >= 15 is 0 Å². The highest BCUT2D eigenvalue weighted by Crippen LogP contribution is 2.44. The highest BCUT2D eigenvalue weighted by Gasteiger charge is 2.28. The summed E-state index contributed by atoms with van der Waals surface area (Å²) < 4.78 is 7.26. The Hall–Kier alpha value is -8.48. The van der Waals surface area contributed by atoms with E-state index in [0.717, 1.165) is 66.8 Å². The van der Waals surface area contributed by atoms with Gasteiger partial charge in [0.25, 0.3) is 0 Å². The minimum Gasteiger partial charge on any atom is -0.330 e. The number of aromatic nitrogens is 3. The van der Waals surface area contributed by atoms with E-state index < -0.39 is 0 Å². The second-order valence-electron chi connectivity index (χ2n) is 16.2. The van der Waals surface area contributed by atoms with Crippen LogP contribution in [-0.4, -0.2) is 25.5 Å². The molecule has 1 aliphatic heterocycles. The van der Waals surface area contributed by atoms with E-state index in [4.69, 9.17) is 9.98 Å². The number of hydrogen-bond donors (Lipinski definition) is 1. The van der Waals surface area contributed by atoms with Gasteiger partial charge in [-0.2, -0.15) is 4.99 Å². The van der Waals surface area contributed by atoms with Crippen LogP contribution in [0.5, 0.6) is 0 Å². The zero-order valence-corrected chi connectivity index (χ0v) is 34.1. The maximum atomic E-state index is 5.40. The van der Waals surface area contributed by atoms with Crippen molar-refractivity contribution in [2.75, 3.05) is 0 Å². The third-order valence-corrected chi connectivity index (χ3v) is 12.7. The average molecular weight is 807 g/mol. The second-order valence-corrected chi connectivity index (χ2v) is 16.2. The molecule has 1 atom stereocenters. The molecular formula is C57H38N6. The van der Waals surface area contributed by atoms with E-state index in [1.54, 1.807) is 0 Å². The summed E-state index contributed by atoms with van der Waals surface area (Å²) in [5.41, 5.74) is 13.3. The monoisotopic (exact) mass is 806 g/mol. The first-order valence-electron chi connectivity index (χ1n) is 21.5. The van der Waals surface area contributed by atoms with Crippen molar-refractivity contribution >= 4 is 77.2 Å². The normalized spacial score (nSPS) is 14.2. The fraction of sp³-hybridized carbons (Fsp3) is 0.0175. The number of nitrogens with zero attached hydrogens (tertiary/aromatic N) is 5. The Kier molecular flexibility index (Phi) is 7.87. The Morgan fingerprint density at radius 3 is 1.54 bits per heavy atom. The van der Waals surface area contributed by atoms with Crippen LogP contribution in [-0.2, 0) is 0 Å². The van der Waals surface area contributed by atoms with Crippen LogP contribution in [0, 0.1) is 0 Å². The van der Waals surface area contributed by atoms with Gasteiger partial charge >= 0.3 is 0 Å². The standard InChI is InChI=1S/C57H38N6/c1-5-19-37(20-6-1)47-35-41(36-51-52(47)46-29-15-18-32-50(46)61(51)40-25-11-4-12-26-40)62-48-30-16-13-27-42(48)44-33-34-45-43-28-14-17-31-49(43)63(54(45)53(44)62)57-59-55(38-21-7-2-8-22-38)58-56(60-57)39-23-9-3-10-24-39/h1-36,55H,(H,58,59,60). The number of para-hydroxylation sites is 4. The molecule has 0 saturated carbocycles. The fourth-order valence-electron chi connectivity index (χ4n) is 9.97. The summed E-state index contributed by atoms with van der Waals surface area (Å²) in [4.78, 5) is 10.6. The Morgan fingerprint density at radius 2 is 0.889 bits per heavy atom. The Bertz CT molecular complexity index is 3800. The van der Waals surface area contributed by atoms with E-state index in [1.807, 2.05) is 24.3 Å². The van der Waals surface area contributed by atoms with E-state index in [2.05, 4.69) is 213 Å². The SMILES string of the molecule is c1ccc(C2=NC(c3ccccc3)NC(n3c4ccccc4c4ccc5c6ccccc6n(-c6cc(-c7ccccc7)c7c8ccccc8n(-c8ccccc8)c7c6)c5c43)=N2)cc1. The lowest BCUT2D eigenvalue weighted by molar-refractivity contribution is 0.661.